The molecule has 3 rings (SSSR count). The predicted octanol–water partition coefficient (Wildman–Crippen LogP) is 2.29. The van der Waals surface area contributed by atoms with Gasteiger partial charge in [-0.2, -0.15) is 0 Å². The third kappa shape index (κ3) is 4.15. The fourth-order valence-corrected chi connectivity index (χ4v) is 3.73. The van der Waals surface area contributed by atoms with Crippen LogP contribution >= 0.6 is 12.4 Å². The van der Waals surface area contributed by atoms with Gasteiger partial charge in [0.05, 0.1) is 5.41 Å². The van der Waals surface area contributed by atoms with Crippen LogP contribution in [0.25, 0.3) is 0 Å². The van der Waals surface area contributed by atoms with Crippen molar-refractivity contribution in [2.24, 2.45) is 0 Å². The summed E-state index contributed by atoms with van der Waals surface area (Å²) in [6, 6.07) is 17.7. The number of carbonyl (C=O) groups excluding carboxylic acids is 2. The summed E-state index contributed by atoms with van der Waals surface area (Å²) in [5.41, 5.74) is 2.00. The van der Waals surface area contributed by atoms with Gasteiger partial charge in [0.15, 0.2) is 0 Å². The normalized spacial score (nSPS) is 18.0. The SMILES string of the molecule is CNCCNC(=O)CC1(Cc2ccccc2)C(=O)N(C)c2ccccc21.Cl. The van der Waals surface area contributed by atoms with Crippen LogP contribution in [0, 0.1) is 0 Å². The van der Waals surface area contributed by atoms with E-state index in [4.69, 9.17) is 0 Å². The molecule has 0 aromatic heterocycles. The molecule has 144 valence electrons. The van der Waals surface area contributed by atoms with E-state index in [0.29, 0.717) is 19.5 Å². The predicted molar refractivity (Wildman–Crippen MR) is 110 cm³/mol. The maximum absolute atomic E-state index is 13.3. The summed E-state index contributed by atoms with van der Waals surface area (Å²) >= 11 is 0. The largest absolute Gasteiger partial charge is 0.355 e. The van der Waals surface area contributed by atoms with Crippen molar-refractivity contribution in [1.82, 2.24) is 10.6 Å². The molecule has 2 N–H and O–H groups in total. The molecular formula is C21H26ClN3O2. The first kappa shape index (κ1) is 20.9. The van der Waals surface area contributed by atoms with Crippen molar-refractivity contribution >= 4 is 29.9 Å². The molecule has 1 atom stereocenters. The zero-order chi connectivity index (χ0) is 18.6. The molecule has 1 aliphatic heterocycles. The Bertz CT molecular complexity index is 797. The van der Waals surface area contributed by atoms with Gasteiger partial charge in [-0.3, -0.25) is 9.59 Å². The van der Waals surface area contributed by atoms with E-state index in [1.54, 1.807) is 11.9 Å². The number of anilines is 1. The minimum Gasteiger partial charge on any atom is -0.355 e. The molecule has 2 amide bonds. The standard InChI is InChI=1S/C21H25N3O2.ClH/c1-22-12-13-23-19(25)15-21(14-16-8-4-3-5-9-16)17-10-6-7-11-18(17)24(2)20(21)26;/h3-11,22H,12-15H2,1-2H3,(H,23,25);1H. The molecular weight excluding hydrogens is 362 g/mol. The number of nitrogens with zero attached hydrogens (tertiary/aromatic N) is 1. The van der Waals surface area contributed by atoms with Crippen molar-refractivity contribution in [3.05, 3.63) is 65.7 Å². The Morgan fingerprint density at radius 1 is 1.04 bits per heavy atom. The maximum atomic E-state index is 13.3. The smallest absolute Gasteiger partial charge is 0.238 e. The molecule has 27 heavy (non-hydrogen) atoms. The molecule has 1 unspecified atom stereocenters. The Kier molecular flexibility index (Phi) is 6.99. The molecule has 2 aromatic rings. The van der Waals surface area contributed by atoms with Crippen LogP contribution in [0.5, 0.6) is 0 Å². The lowest BCUT2D eigenvalue weighted by Gasteiger charge is -2.28. The molecule has 0 fully saturated rings. The first-order valence-electron chi connectivity index (χ1n) is 8.91. The van der Waals surface area contributed by atoms with Crippen molar-refractivity contribution in [1.29, 1.82) is 0 Å². The Labute approximate surface area is 166 Å². The second-order valence-corrected chi connectivity index (χ2v) is 6.76. The third-order valence-corrected chi connectivity index (χ3v) is 5.00. The number of carbonyl (C=O) groups is 2. The lowest BCUT2D eigenvalue weighted by Crippen LogP contribution is -2.45. The van der Waals surface area contributed by atoms with E-state index in [9.17, 15) is 9.59 Å². The molecule has 0 bridgehead atoms. The van der Waals surface area contributed by atoms with Crippen LogP contribution in [-0.2, 0) is 21.4 Å². The first-order chi connectivity index (χ1) is 12.6. The van der Waals surface area contributed by atoms with Crippen molar-refractivity contribution in [3.8, 4) is 0 Å². The van der Waals surface area contributed by atoms with Crippen molar-refractivity contribution in [3.63, 3.8) is 0 Å². The summed E-state index contributed by atoms with van der Waals surface area (Å²) in [7, 11) is 3.63. The lowest BCUT2D eigenvalue weighted by molar-refractivity contribution is -0.129. The van der Waals surface area contributed by atoms with Crippen molar-refractivity contribution in [2.75, 3.05) is 32.1 Å². The minimum atomic E-state index is -0.865. The number of benzene rings is 2. The molecule has 0 radical (unpaired) electrons. The Morgan fingerprint density at radius 3 is 2.41 bits per heavy atom. The summed E-state index contributed by atoms with van der Waals surface area (Å²) in [6.45, 7) is 1.24. The van der Waals surface area contributed by atoms with Crippen LogP contribution < -0.4 is 15.5 Å². The van der Waals surface area contributed by atoms with Crippen molar-refractivity contribution < 1.29 is 9.59 Å². The minimum absolute atomic E-state index is 0. The van der Waals surface area contributed by atoms with Crippen LogP contribution in [0.2, 0.25) is 0 Å². The van der Waals surface area contributed by atoms with Gasteiger partial charge in [0.2, 0.25) is 11.8 Å². The zero-order valence-corrected chi connectivity index (χ0v) is 16.5. The molecule has 2 aromatic carbocycles. The average Bonchev–Trinajstić information content (AvgIpc) is 2.85. The lowest BCUT2D eigenvalue weighted by atomic mass is 9.73. The van der Waals surface area contributed by atoms with Gasteiger partial charge < -0.3 is 15.5 Å². The summed E-state index contributed by atoms with van der Waals surface area (Å²) in [5.74, 6) is -0.124. The molecule has 0 aliphatic carbocycles. The number of halogens is 1. The van der Waals surface area contributed by atoms with Gasteiger partial charge in [-0.15, -0.1) is 12.4 Å². The highest BCUT2D eigenvalue weighted by Gasteiger charge is 2.50. The number of amides is 2. The second-order valence-electron chi connectivity index (χ2n) is 6.76. The van der Waals surface area contributed by atoms with Gasteiger partial charge in [-0.1, -0.05) is 48.5 Å². The quantitative estimate of drug-likeness (QED) is 0.716. The fraction of sp³-hybridized carbons (Fsp3) is 0.333. The van der Waals surface area contributed by atoms with E-state index in [-0.39, 0.29) is 30.6 Å². The third-order valence-electron chi connectivity index (χ3n) is 5.00. The van der Waals surface area contributed by atoms with Gasteiger partial charge in [0.25, 0.3) is 0 Å². The zero-order valence-electron chi connectivity index (χ0n) is 15.7. The van der Waals surface area contributed by atoms with Gasteiger partial charge in [-0.05, 0) is 30.7 Å². The van der Waals surface area contributed by atoms with Crippen molar-refractivity contribution in [2.45, 2.75) is 18.3 Å². The number of para-hydroxylation sites is 1. The molecule has 6 heteroatoms. The number of likely N-dealkylation sites (N-methyl/N-ethyl adjacent to an activating group) is 2. The Morgan fingerprint density at radius 2 is 1.70 bits per heavy atom. The van der Waals surface area contributed by atoms with Crippen LogP contribution in [0.1, 0.15) is 17.5 Å². The Hall–Kier alpha value is -2.37. The van der Waals surface area contributed by atoms with E-state index in [2.05, 4.69) is 10.6 Å². The maximum Gasteiger partial charge on any atom is 0.238 e. The van der Waals surface area contributed by atoms with E-state index in [1.807, 2.05) is 61.6 Å². The monoisotopic (exact) mass is 387 g/mol. The number of nitrogens with one attached hydrogen (secondary N) is 2. The molecule has 0 spiro atoms. The molecule has 0 saturated carbocycles. The van der Waals surface area contributed by atoms with Crippen LogP contribution in [0.15, 0.2) is 54.6 Å². The van der Waals surface area contributed by atoms with Crippen LogP contribution in [0.3, 0.4) is 0 Å². The summed E-state index contributed by atoms with van der Waals surface area (Å²) in [5, 5.41) is 5.92. The molecule has 1 aliphatic rings. The Balaban J connectivity index is 0.00000261. The highest BCUT2D eigenvalue weighted by atomic mass is 35.5. The second kappa shape index (κ2) is 9.02. The van der Waals surface area contributed by atoms with Gasteiger partial charge in [-0.25, -0.2) is 0 Å². The first-order valence-corrected chi connectivity index (χ1v) is 8.91. The highest BCUT2D eigenvalue weighted by Crippen LogP contribution is 2.45. The summed E-state index contributed by atoms with van der Waals surface area (Å²) in [4.78, 5) is 27.6. The highest BCUT2D eigenvalue weighted by molar-refractivity contribution is 6.09. The van der Waals surface area contributed by atoms with Crippen LogP contribution in [0.4, 0.5) is 5.69 Å². The average molecular weight is 388 g/mol. The molecule has 1 heterocycles. The number of rotatable bonds is 7. The van der Waals surface area contributed by atoms with E-state index in [1.165, 1.54) is 0 Å². The van der Waals surface area contributed by atoms with E-state index >= 15 is 0 Å². The van der Waals surface area contributed by atoms with Gasteiger partial charge >= 0.3 is 0 Å². The topological polar surface area (TPSA) is 61.4 Å². The molecule has 5 nitrogen and oxygen atoms in total. The van der Waals surface area contributed by atoms with Gasteiger partial charge in [0, 0.05) is 32.2 Å². The summed E-state index contributed by atoms with van der Waals surface area (Å²) in [6.07, 6.45) is 0.652. The van der Waals surface area contributed by atoms with Gasteiger partial charge in [0.1, 0.15) is 0 Å². The van der Waals surface area contributed by atoms with E-state index in [0.717, 1.165) is 16.8 Å². The number of hydrogen-bond donors (Lipinski definition) is 2. The number of hydrogen-bond acceptors (Lipinski definition) is 3. The van der Waals surface area contributed by atoms with Crippen LogP contribution in [-0.4, -0.2) is 39.0 Å². The summed E-state index contributed by atoms with van der Waals surface area (Å²) < 4.78 is 0. The van der Waals surface area contributed by atoms with E-state index < -0.39 is 5.41 Å². The molecule has 0 saturated heterocycles. The number of fused-ring (bicyclic) bond motifs is 1. The fourth-order valence-electron chi connectivity index (χ4n) is 3.73.